The number of phenolic OH excluding ortho intramolecular Hbond substituents is 3. The maximum absolute atomic E-state index is 12.8. The Labute approximate surface area is 168 Å². The summed E-state index contributed by atoms with van der Waals surface area (Å²) in [5, 5.41) is 30.2. The number of hydrogen-bond donors (Lipinski definition) is 3. The highest BCUT2D eigenvalue weighted by Gasteiger charge is 2.68. The topological polar surface area (TPSA) is 87.0 Å². The predicted octanol–water partition coefficient (Wildman–Crippen LogP) is 4.24. The molecule has 7 heteroatoms. The highest BCUT2D eigenvalue weighted by atomic mass is 35.5. The average Bonchev–Trinajstić information content (AvgIpc) is 2.72. The Balaban J connectivity index is 1.99. The van der Waals surface area contributed by atoms with Crippen molar-refractivity contribution >= 4 is 17.7 Å². The molecular weight excluding hydrogens is 382 g/mol. The van der Waals surface area contributed by atoms with E-state index in [1.165, 1.54) is 6.07 Å². The molecule has 2 aromatic rings. The fourth-order valence-corrected chi connectivity index (χ4v) is 4.86. The molecule has 6 nitrogen and oxygen atoms in total. The average molecular weight is 405 g/mol. The minimum atomic E-state index is -0.502. The third kappa shape index (κ3) is 2.41. The van der Waals surface area contributed by atoms with Crippen molar-refractivity contribution in [1.82, 2.24) is 0 Å². The van der Waals surface area contributed by atoms with Gasteiger partial charge in [0.15, 0.2) is 11.5 Å². The zero-order chi connectivity index (χ0) is 20.4. The highest BCUT2D eigenvalue weighted by Crippen LogP contribution is 2.53. The largest absolute Gasteiger partial charge is 0.524 e. The summed E-state index contributed by atoms with van der Waals surface area (Å²) in [7, 11) is 0. The number of quaternary nitrogens is 1. The van der Waals surface area contributed by atoms with Crippen LogP contribution in [0.5, 0.6) is 17.2 Å². The van der Waals surface area contributed by atoms with E-state index in [-0.39, 0.29) is 32.8 Å². The SMILES string of the molecule is CC(C)(C)[N+]12CCc3c(cc(O)c(O)c3Cl)C(c3ccc(O)cc3)[C@H]1OC2=O. The molecule has 2 unspecified atom stereocenters. The van der Waals surface area contributed by atoms with Crippen LogP contribution in [0.2, 0.25) is 5.02 Å². The molecule has 0 radical (unpaired) electrons. The second-order valence-electron chi connectivity index (χ2n) is 8.48. The molecular formula is C21H23ClNO5+. The van der Waals surface area contributed by atoms with Gasteiger partial charge in [0, 0.05) is 6.42 Å². The van der Waals surface area contributed by atoms with Gasteiger partial charge in [-0.2, -0.15) is 9.28 Å². The van der Waals surface area contributed by atoms with Crippen LogP contribution in [0.1, 0.15) is 43.4 Å². The number of amides is 1. The van der Waals surface area contributed by atoms with Gasteiger partial charge in [0.1, 0.15) is 17.2 Å². The van der Waals surface area contributed by atoms with Crippen LogP contribution in [0.4, 0.5) is 4.79 Å². The van der Waals surface area contributed by atoms with E-state index in [2.05, 4.69) is 0 Å². The molecule has 2 aromatic carbocycles. The van der Waals surface area contributed by atoms with Crippen molar-refractivity contribution in [3.63, 3.8) is 0 Å². The fourth-order valence-electron chi connectivity index (χ4n) is 4.56. The Kier molecular flexibility index (Phi) is 4.07. The highest BCUT2D eigenvalue weighted by molar-refractivity contribution is 6.33. The van der Waals surface area contributed by atoms with Crippen molar-refractivity contribution in [2.75, 3.05) is 6.54 Å². The summed E-state index contributed by atoms with van der Waals surface area (Å²) < 4.78 is 5.82. The summed E-state index contributed by atoms with van der Waals surface area (Å²) in [6, 6.07) is 8.21. The number of aromatic hydroxyl groups is 3. The number of carbonyl (C=O) groups is 1. The molecule has 0 saturated carbocycles. The van der Waals surface area contributed by atoms with Gasteiger partial charge in [-0.3, -0.25) is 0 Å². The number of benzene rings is 2. The van der Waals surface area contributed by atoms with Crippen LogP contribution in [-0.2, 0) is 11.2 Å². The van der Waals surface area contributed by atoms with Crippen LogP contribution in [0, 0.1) is 0 Å². The summed E-state index contributed by atoms with van der Waals surface area (Å²) >= 11 is 6.40. The van der Waals surface area contributed by atoms with Crippen molar-refractivity contribution in [2.45, 2.75) is 44.9 Å². The molecule has 3 atom stereocenters. The Morgan fingerprint density at radius 3 is 2.36 bits per heavy atom. The van der Waals surface area contributed by atoms with Crippen LogP contribution in [0.3, 0.4) is 0 Å². The quantitative estimate of drug-likeness (QED) is 0.489. The van der Waals surface area contributed by atoms with Crippen molar-refractivity contribution < 1.29 is 29.3 Å². The number of halogens is 1. The van der Waals surface area contributed by atoms with Crippen LogP contribution < -0.4 is 0 Å². The first-order valence-corrected chi connectivity index (χ1v) is 9.57. The van der Waals surface area contributed by atoms with Gasteiger partial charge in [-0.05, 0) is 55.7 Å². The zero-order valence-corrected chi connectivity index (χ0v) is 16.7. The maximum Gasteiger partial charge on any atom is 0.524 e. The third-order valence-electron chi connectivity index (χ3n) is 6.12. The molecule has 148 valence electrons. The molecule has 2 heterocycles. The normalized spacial score (nSPS) is 26.5. The Hall–Kier alpha value is -2.44. The number of rotatable bonds is 1. The summed E-state index contributed by atoms with van der Waals surface area (Å²) in [6.07, 6.45) is -0.337. The second-order valence-corrected chi connectivity index (χ2v) is 8.86. The van der Waals surface area contributed by atoms with Gasteiger partial charge in [0.2, 0.25) is 0 Å². The number of hydrogen-bond acceptors (Lipinski definition) is 5. The third-order valence-corrected chi connectivity index (χ3v) is 6.53. The monoisotopic (exact) mass is 404 g/mol. The fraction of sp³-hybridized carbons (Fsp3) is 0.381. The van der Waals surface area contributed by atoms with Crippen LogP contribution in [0.25, 0.3) is 0 Å². The summed E-state index contributed by atoms with van der Waals surface area (Å²) in [5.41, 5.74) is 1.81. The summed E-state index contributed by atoms with van der Waals surface area (Å²) in [5.74, 6) is -0.942. The van der Waals surface area contributed by atoms with Crippen molar-refractivity contribution in [3.8, 4) is 17.2 Å². The van der Waals surface area contributed by atoms with E-state index in [0.29, 0.717) is 24.1 Å². The maximum atomic E-state index is 12.8. The second kappa shape index (κ2) is 6.03. The van der Waals surface area contributed by atoms with Crippen LogP contribution in [0.15, 0.2) is 30.3 Å². The molecule has 0 spiro atoms. The smallest absolute Gasteiger partial charge is 0.508 e. The van der Waals surface area contributed by atoms with Gasteiger partial charge >= 0.3 is 6.09 Å². The molecule has 3 N–H and O–H groups in total. The van der Waals surface area contributed by atoms with Gasteiger partial charge < -0.3 is 20.1 Å². The lowest BCUT2D eigenvalue weighted by Gasteiger charge is -2.55. The lowest BCUT2D eigenvalue weighted by molar-refractivity contribution is -0.989. The van der Waals surface area contributed by atoms with E-state index < -0.39 is 17.7 Å². The lowest BCUT2D eigenvalue weighted by Crippen LogP contribution is -2.78. The predicted molar refractivity (Wildman–Crippen MR) is 104 cm³/mol. The molecule has 4 rings (SSSR count). The van der Waals surface area contributed by atoms with Gasteiger partial charge in [-0.25, -0.2) is 0 Å². The minimum Gasteiger partial charge on any atom is -0.508 e. The Bertz CT molecular complexity index is 966. The number of ether oxygens (including phenoxy) is 1. The van der Waals surface area contributed by atoms with Gasteiger partial charge in [-0.15, -0.1) is 0 Å². The van der Waals surface area contributed by atoms with Crippen molar-refractivity contribution in [3.05, 3.63) is 52.0 Å². The molecule has 0 aliphatic carbocycles. The molecule has 28 heavy (non-hydrogen) atoms. The van der Waals surface area contributed by atoms with Gasteiger partial charge in [0.25, 0.3) is 6.23 Å². The molecule has 0 bridgehead atoms. The van der Waals surface area contributed by atoms with Gasteiger partial charge in [0.05, 0.1) is 11.6 Å². The first-order valence-electron chi connectivity index (χ1n) is 9.19. The lowest BCUT2D eigenvalue weighted by atomic mass is 9.84. The molecule has 0 aromatic heterocycles. The minimum absolute atomic E-state index is 0.0980. The number of fused-ring (bicyclic) bond motifs is 2. The molecule has 2 aliphatic heterocycles. The Morgan fingerprint density at radius 1 is 1.14 bits per heavy atom. The molecule has 1 amide bonds. The molecule has 1 saturated heterocycles. The van der Waals surface area contributed by atoms with E-state index >= 15 is 0 Å². The van der Waals surface area contributed by atoms with Crippen LogP contribution in [-0.4, -0.2) is 44.2 Å². The van der Waals surface area contributed by atoms with Crippen molar-refractivity contribution in [1.29, 1.82) is 0 Å². The standard InChI is InChI=1S/C21H22ClNO5/c1-21(2,3)23-9-8-13-14(10-15(25)18(26)17(13)22)16(19(23)28-20(23)27)11-4-6-12(24)7-5-11/h4-7,10,16,19H,8-9H2,1-3H3,(H2-,24,25,26)/p+1/t16?,19-,23?/m1/s1. The van der Waals surface area contributed by atoms with E-state index in [4.69, 9.17) is 16.3 Å². The van der Waals surface area contributed by atoms with Crippen molar-refractivity contribution in [2.24, 2.45) is 0 Å². The Morgan fingerprint density at radius 2 is 1.79 bits per heavy atom. The summed E-state index contributed by atoms with van der Waals surface area (Å²) in [4.78, 5) is 12.8. The van der Waals surface area contributed by atoms with Gasteiger partial charge in [-0.1, -0.05) is 23.7 Å². The zero-order valence-electron chi connectivity index (χ0n) is 15.9. The van der Waals surface area contributed by atoms with E-state index in [9.17, 15) is 20.1 Å². The first-order chi connectivity index (χ1) is 13.1. The van der Waals surface area contributed by atoms with Crippen LogP contribution >= 0.6 is 11.6 Å². The first kappa shape index (κ1) is 18.9. The number of phenols is 3. The van der Waals surface area contributed by atoms with E-state index in [1.807, 2.05) is 20.8 Å². The summed E-state index contributed by atoms with van der Waals surface area (Å²) in [6.45, 7) is 6.47. The molecule has 1 fully saturated rings. The van der Waals surface area contributed by atoms with E-state index in [0.717, 1.165) is 5.56 Å². The number of nitrogens with zero attached hydrogens (tertiary/aromatic N) is 1. The molecule has 2 aliphatic rings. The number of carbonyl (C=O) groups excluding carboxylic acids is 1. The van der Waals surface area contributed by atoms with E-state index in [1.54, 1.807) is 24.3 Å².